The number of nitrogens with zero attached hydrogens (tertiary/aromatic N) is 1. The molecule has 1 rings (SSSR count). The fourth-order valence-corrected chi connectivity index (χ4v) is 1.66. The van der Waals surface area contributed by atoms with Gasteiger partial charge in [0.25, 0.3) is 0 Å². The summed E-state index contributed by atoms with van der Waals surface area (Å²) in [6.45, 7) is 13.5. The van der Waals surface area contributed by atoms with Gasteiger partial charge in [-0.05, 0) is 27.7 Å². The summed E-state index contributed by atoms with van der Waals surface area (Å²) >= 11 is 0. The third-order valence-corrected chi connectivity index (χ3v) is 2.92. The number of rotatable bonds is 0. The Balaban J connectivity index is 2.69. The Bertz CT molecular complexity index is 310. The maximum atomic E-state index is 11.9. The molecule has 0 unspecified atom stereocenters. The van der Waals surface area contributed by atoms with Crippen molar-refractivity contribution in [2.75, 3.05) is 13.1 Å². The number of carbonyl (C=O) groups excluding carboxylic acids is 1. The van der Waals surface area contributed by atoms with Crippen LogP contribution in [0, 0.1) is 5.41 Å². The molecule has 0 aromatic heterocycles. The summed E-state index contributed by atoms with van der Waals surface area (Å²) < 4.78 is 5.36. The predicted octanol–water partition coefficient (Wildman–Crippen LogP) is 3.21. The minimum Gasteiger partial charge on any atom is -0.444 e. The minimum atomic E-state index is -0.419. The highest BCUT2D eigenvalue weighted by molar-refractivity contribution is 5.68. The summed E-state index contributed by atoms with van der Waals surface area (Å²) in [5, 5.41) is 0. The summed E-state index contributed by atoms with van der Waals surface area (Å²) in [5.41, 5.74) is 0.972. The SMILES string of the molecule is CC1=CCN(C(=O)OC(C)(C)C)CC1(C)C. The molecule has 0 bridgehead atoms. The fraction of sp³-hybridized carbons (Fsp3) is 0.769. The first kappa shape index (κ1) is 13.1. The quantitative estimate of drug-likeness (QED) is 0.592. The van der Waals surface area contributed by atoms with Crippen molar-refractivity contribution in [3.63, 3.8) is 0 Å². The molecule has 0 atom stereocenters. The fourth-order valence-electron chi connectivity index (χ4n) is 1.66. The molecule has 1 amide bonds. The first-order chi connectivity index (χ1) is 7.12. The van der Waals surface area contributed by atoms with Crippen LogP contribution < -0.4 is 0 Å². The second kappa shape index (κ2) is 4.11. The van der Waals surface area contributed by atoms with Gasteiger partial charge in [-0.15, -0.1) is 0 Å². The van der Waals surface area contributed by atoms with E-state index in [0.29, 0.717) is 6.54 Å². The van der Waals surface area contributed by atoms with Crippen molar-refractivity contribution in [1.29, 1.82) is 0 Å². The van der Waals surface area contributed by atoms with Crippen molar-refractivity contribution in [2.45, 2.75) is 47.1 Å². The smallest absolute Gasteiger partial charge is 0.410 e. The molecule has 1 aliphatic heterocycles. The zero-order valence-electron chi connectivity index (χ0n) is 11.3. The Kier molecular flexibility index (Phi) is 3.36. The maximum absolute atomic E-state index is 11.9. The van der Waals surface area contributed by atoms with E-state index in [1.54, 1.807) is 4.90 Å². The van der Waals surface area contributed by atoms with E-state index < -0.39 is 5.60 Å². The van der Waals surface area contributed by atoms with Crippen LogP contribution in [0.2, 0.25) is 0 Å². The lowest BCUT2D eigenvalue weighted by atomic mass is 9.82. The third kappa shape index (κ3) is 3.26. The van der Waals surface area contributed by atoms with Crippen molar-refractivity contribution in [2.24, 2.45) is 5.41 Å². The summed E-state index contributed by atoms with van der Waals surface area (Å²) in [7, 11) is 0. The first-order valence-electron chi connectivity index (χ1n) is 5.77. The largest absolute Gasteiger partial charge is 0.444 e. The van der Waals surface area contributed by atoms with Crippen molar-refractivity contribution < 1.29 is 9.53 Å². The lowest BCUT2D eigenvalue weighted by Gasteiger charge is -2.38. The van der Waals surface area contributed by atoms with Crippen LogP contribution in [0.4, 0.5) is 4.79 Å². The highest BCUT2D eigenvalue weighted by Gasteiger charge is 2.31. The van der Waals surface area contributed by atoms with Crippen LogP contribution in [0.1, 0.15) is 41.5 Å². The molecule has 0 N–H and O–H groups in total. The molecule has 0 saturated heterocycles. The number of hydrogen-bond donors (Lipinski definition) is 0. The molecule has 0 saturated carbocycles. The van der Waals surface area contributed by atoms with Gasteiger partial charge < -0.3 is 9.64 Å². The van der Waals surface area contributed by atoms with Gasteiger partial charge in [0.2, 0.25) is 0 Å². The molecule has 92 valence electrons. The summed E-state index contributed by atoms with van der Waals surface area (Å²) in [4.78, 5) is 13.6. The molecule has 0 aromatic rings. The van der Waals surface area contributed by atoms with Gasteiger partial charge >= 0.3 is 6.09 Å². The van der Waals surface area contributed by atoms with E-state index in [9.17, 15) is 4.79 Å². The molecule has 0 radical (unpaired) electrons. The number of hydrogen-bond acceptors (Lipinski definition) is 2. The van der Waals surface area contributed by atoms with Crippen LogP contribution in [0.5, 0.6) is 0 Å². The van der Waals surface area contributed by atoms with Crippen LogP contribution in [0.15, 0.2) is 11.6 Å². The monoisotopic (exact) mass is 225 g/mol. The van der Waals surface area contributed by atoms with E-state index in [-0.39, 0.29) is 11.5 Å². The van der Waals surface area contributed by atoms with E-state index in [1.807, 2.05) is 20.8 Å². The average Bonchev–Trinajstić information content (AvgIpc) is 2.06. The van der Waals surface area contributed by atoms with Gasteiger partial charge in [-0.3, -0.25) is 0 Å². The molecule has 0 aliphatic carbocycles. The van der Waals surface area contributed by atoms with Crippen LogP contribution in [-0.2, 0) is 4.74 Å². The van der Waals surface area contributed by atoms with Gasteiger partial charge in [0, 0.05) is 18.5 Å². The standard InChI is InChI=1S/C13H23NO2/c1-10-7-8-14(9-13(10,5)6)11(15)16-12(2,3)4/h7H,8-9H2,1-6H3. The highest BCUT2D eigenvalue weighted by Crippen LogP contribution is 2.30. The number of ether oxygens (including phenoxy) is 1. The Morgan fingerprint density at radius 1 is 1.44 bits per heavy atom. The van der Waals surface area contributed by atoms with Gasteiger partial charge in [-0.2, -0.15) is 0 Å². The molecular formula is C13H23NO2. The zero-order valence-corrected chi connectivity index (χ0v) is 11.3. The van der Waals surface area contributed by atoms with Crippen molar-refractivity contribution in [1.82, 2.24) is 4.90 Å². The van der Waals surface area contributed by atoms with Crippen LogP contribution >= 0.6 is 0 Å². The van der Waals surface area contributed by atoms with Crippen LogP contribution in [-0.4, -0.2) is 29.7 Å². The van der Waals surface area contributed by atoms with Gasteiger partial charge in [-0.1, -0.05) is 25.5 Å². The molecular weight excluding hydrogens is 202 g/mol. The second-order valence-electron chi connectivity index (χ2n) is 6.13. The number of carbonyl (C=O) groups is 1. The Morgan fingerprint density at radius 3 is 2.44 bits per heavy atom. The lowest BCUT2D eigenvalue weighted by Crippen LogP contribution is -2.45. The molecule has 3 nitrogen and oxygen atoms in total. The van der Waals surface area contributed by atoms with Gasteiger partial charge in [0.05, 0.1) is 0 Å². The normalized spacial score (nSPS) is 20.4. The first-order valence-corrected chi connectivity index (χ1v) is 5.77. The van der Waals surface area contributed by atoms with E-state index >= 15 is 0 Å². The molecule has 3 heteroatoms. The molecule has 1 heterocycles. The Morgan fingerprint density at radius 2 is 2.00 bits per heavy atom. The van der Waals surface area contributed by atoms with Crippen LogP contribution in [0.25, 0.3) is 0 Å². The maximum Gasteiger partial charge on any atom is 0.410 e. The van der Waals surface area contributed by atoms with Crippen molar-refractivity contribution in [3.05, 3.63) is 11.6 Å². The van der Waals surface area contributed by atoms with Gasteiger partial charge in [0.1, 0.15) is 5.60 Å². The summed E-state index contributed by atoms with van der Waals surface area (Å²) in [6.07, 6.45) is 1.89. The molecule has 16 heavy (non-hydrogen) atoms. The highest BCUT2D eigenvalue weighted by atomic mass is 16.6. The minimum absolute atomic E-state index is 0.0507. The van der Waals surface area contributed by atoms with Crippen LogP contribution in [0.3, 0.4) is 0 Å². The summed E-state index contributed by atoms with van der Waals surface area (Å²) in [6, 6.07) is 0. The second-order valence-corrected chi connectivity index (χ2v) is 6.13. The zero-order chi connectivity index (χ0) is 12.6. The van der Waals surface area contributed by atoms with Gasteiger partial charge in [-0.25, -0.2) is 4.79 Å². The average molecular weight is 225 g/mol. The van der Waals surface area contributed by atoms with Crippen molar-refractivity contribution in [3.8, 4) is 0 Å². The molecule has 0 aromatic carbocycles. The van der Waals surface area contributed by atoms with Gasteiger partial charge in [0.15, 0.2) is 0 Å². The lowest BCUT2D eigenvalue weighted by molar-refractivity contribution is 0.0204. The Labute approximate surface area is 98.5 Å². The van der Waals surface area contributed by atoms with E-state index in [1.165, 1.54) is 5.57 Å². The van der Waals surface area contributed by atoms with E-state index in [0.717, 1.165) is 6.54 Å². The molecule has 0 spiro atoms. The topological polar surface area (TPSA) is 29.5 Å². The van der Waals surface area contributed by atoms with Crippen molar-refractivity contribution >= 4 is 6.09 Å². The van der Waals surface area contributed by atoms with E-state index in [2.05, 4.69) is 26.8 Å². The predicted molar refractivity (Wildman–Crippen MR) is 65.3 cm³/mol. The van der Waals surface area contributed by atoms with E-state index in [4.69, 9.17) is 4.74 Å². The third-order valence-electron chi connectivity index (χ3n) is 2.92. The number of amides is 1. The Hall–Kier alpha value is -0.990. The summed E-state index contributed by atoms with van der Waals surface area (Å²) in [5.74, 6) is 0. The molecule has 1 aliphatic rings. The molecule has 0 fully saturated rings.